The summed E-state index contributed by atoms with van der Waals surface area (Å²) >= 11 is 0. The number of aryl methyl sites for hydroxylation is 1. The minimum absolute atomic E-state index is 0.198. The van der Waals surface area contributed by atoms with Crippen molar-refractivity contribution in [2.75, 3.05) is 5.32 Å². The number of anilines is 1. The highest BCUT2D eigenvalue weighted by atomic mass is 16.4. The van der Waals surface area contributed by atoms with Gasteiger partial charge in [0.15, 0.2) is 0 Å². The topological polar surface area (TPSA) is 102 Å². The molecule has 0 bridgehead atoms. The van der Waals surface area contributed by atoms with Crippen molar-refractivity contribution in [3.8, 4) is 0 Å². The Morgan fingerprint density at radius 3 is 2.54 bits per heavy atom. The van der Waals surface area contributed by atoms with Crippen LogP contribution in [0.5, 0.6) is 0 Å². The van der Waals surface area contributed by atoms with Crippen LogP contribution in [0.4, 0.5) is 5.69 Å². The summed E-state index contributed by atoms with van der Waals surface area (Å²) in [6.07, 6.45) is 3.47. The smallest absolute Gasteiger partial charge is 0.325 e. The van der Waals surface area contributed by atoms with E-state index in [0.717, 1.165) is 5.82 Å². The van der Waals surface area contributed by atoms with E-state index in [9.17, 15) is 9.59 Å². The maximum Gasteiger partial charge on any atom is 0.325 e. The van der Waals surface area contributed by atoms with Crippen LogP contribution in [0.1, 0.15) is 49.9 Å². The molecule has 1 unspecified atom stereocenters. The summed E-state index contributed by atoms with van der Waals surface area (Å²) in [6.45, 7) is 9.08. The number of rotatable bonds is 6. The van der Waals surface area contributed by atoms with Crippen LogP contribution in [0, 0.1) is 13.8 Å². The first-order valence-corrected chi connectivity index (χ1v) is 7.81. The molecule has 8 nitrogen and oxygen atoms in total. The molecule has 0 spiro atoms. The van der Waals surface area contributed by atoms with E-state index in [-0.39, 0.29) is 18.4 Å². The lowest BCUT2D eigenvalue weighted by atomic mass is 10.2. The highest BCUT2D eigenvalue weighted by Gasteiger charge is 2.22. The van der Waals surface area contributed by atoms with Gasteiger partial charge in [-0.05, 0) is 20.8 Å². The van der Waals surface area contributed by atoms with E-state index in [1.807, 2.05) is 18.4 Å². The van der Waals surface area contributed by atoms with Crippen LogP contribution in [0.25, 0.3) is 0 Å². The second-order valence-corrected chi connectivity index (χ2v) is 6.11. The zero-order chi connectivity index (χ0) is 18.0. The van der Waals surface area contributed by atoms with E-state index in [0.29, 0.717) is 17.1 Å². The van der Waals surface area contributed by atoms with Crippen molar-refractivity contribution in [1.29, 1.82) is 0 Å². The van der Waals surface area contributed by atoms with Gasteiger partial charge in [-0.1, -0.05) is 13.8 Å². The average molecular weight is 333 g/mol. The van der Waals surface area contributed by atoms with E-state index in [2.05, 4.69) is 15.4 Å². The molecule has 0 saturated heterocycles. The molecule has 2 rings (SSSR count). The first-order chi connectivity index (χ1) is 11.2. The normalized spacial score (nSPS) is 12.4. The molecule has 0 aromatic carbocycles. The zero-order valence-electron chi connectivity index (χ0n) is 14.6. The monoisotopic (exact) mass is 333 g/mol. The lowest BCUT2D eigenvalue weighted by Gasteiger charge is -2.18. The van der Waals surface area contributed by atoms with Gasteiger partial charge in [-0.15, -0.1) is 0 Å². The maximum absolute atomic E-state index is 12.6. The first kappa shape index (κ1) is 17.7. The maximum atomic E-state index is 12.6. The van der Waals surface area contributed by atoms with Crippen LogP contribution in [-0.2, 0) is 16.1 Å². The third-order valence-electron chi connectivity index (χ3n) is 3.93. The Kier molecular flexibility index (Phi) is 5.06. The third kappa shape index (κ3) is 3.47. The number of amides is 1. The van der Waals surface area contributed by atoms with Gasteiger partial charge in [0.2, 0.25) is 5.91 Å². The molecule has 0 fully saturated rings. The molecule has 8 heteroatoms. The summed E-state index contributed by atoms with van der Waals surface area (Å²) in [4.78, 5) is 27.8. The number of nitrogens with zero attached hydrogens (tertiary/aromatic N) is 4. The van der Waals surface area contributed by atoms with E-state index < -0.39 is 12.0 Å². The predicted octanol–water partition coefficient (Wildman–Crippen LogP) is 2.10. The van der Waals surface area contributed by atoms with Gasteiger partial charge in [-0.25, -0.2) is 4.98 Å². The SMILES string of the molecule is Cc1nn(CC(=O)O)c(C)c1NC(=O)C(C)n1ccnc1C(C)C. The molecule has 0 aliphatic rings. The van der Waals surface area contributed by atoms with Crippen molar-refractivity contribution in [2.45, 2.75) is 53.1 Å². The number of carboxylic acids is 1. The van der Waals surface area contributed by atoms with Crippen LogP contribution in [0.3, 0.4) is 0 Å². The molecule has 0 aliphatic heterocycles. The molecular formula is C16H23N5O3. The standard InChI is InChI=1S/C16H23N5O3/c1-9(2)15-17-6-7-20(15)12(5)16(24)18-14-10(3)19-21(11(14)4)8-13(22)23/h6-7,9,12H,8H2,1-5H3,(H,18,24)(H,22,23). The Labute approximate surface area is 140 Å². The summed E-state index contributed by atoms with van der Waals surface area (Å²) in [5.74, 6) is -0.132. The number of carboxylic acid groups (broad SMARTS) is 1. The van der Waals surface area contributed by atoms with Crippen LogP contribution in [0.15, 0.2) is 12.4 Å². The van der Waals surface area contributed by atoms with Gasteiger partial charge in [0.1, 0.15) is 18.4 Å². The molecule has 0 radical (unpaired) electrons. The predicted molar refractivity (Wildman–Crippen MR) is 89.0 cm³/mol. The lowest BCUT2D eigenvalue weighted by molar-refractivity contribution is -0.137. The third-order valence-corrected chi connectivity index (χ3v) is 3.93. The van der Waals surface area contributed by atoms with E-state index in [4.69, 9.17) is 5.11 Å². The van der Waals surface area contributed by atoms with Crippen molar-refractivity contribution < 1.29 is 14.7 Å². The Balaban J connectivity index is 2.22. The Bertz CT molecular complexity index is 760. The fraction of sp³-hybridized carbons (Fsp3) is 0.500. The van der Waals surface area contributed by atoms with Crippen LogP contribution < -0.4 is 5.32 Å². The molecule has 2 aromatic heterocycles. The van der Waals surface area contributed by atoms with Gasteiger partial charge < -0.3 is 15.0 Å². The Hall–Kier alpha value is -2.64. The van der Waals surface area contributed by atoms with Crippen molar-refractivity contribution in [3.63, 3.8) is 0 Å². The number of aliphatic carboxylic acids is 1. The van der Waals surface area contributed by atoms with Gasteiger partial charge in [0.25, 0.3) is 0 Å². The first-order valence-electron chi connectivity index (χ1n) is 7.81. The molecule has 1 amide bonds. The average Bonchev–Trinajstić information content (AvgIpc) is 3.07. The molecule has 2 aromatic rings. The number of hydrogen-bond donors (Lipinski definition) is 2. The highest BCUT2D eigenvalue weighted by molar-refractivity contribution is 5.94. The number of nitrogens with one attached hydrogen (secondary N) is 1. The van der Waals surface area contributed by atoms with Crippen LogP contribution in [0.2, 0.25) is 0 Å². The molecule has 2 heterocycles. The number of imidazole rings is 1. The molecule has 2 N–H and O–H groups in total. The minimum atomic E-state index is -0.980. The minimum Gasteiger partial charge on any atom is -0.480 e. The van der Waals surface area contributed by atoms with Crippen LogP contribution >= 0.6 is 0 Å². The molecule has 0 saturated carbocycles. The fourth-order valence-corrected chi connectivity index (χ4v) is 2.61. The van der Waals surface area contributed by atoms with Gasteiger partial charge in [0.05, 0.1) is 17.1 Å². The van der Waals surface area contributed by atoms with Crippen LogP contribution in [-0.4, -0.2) is 36.3 Å². The van der Waals surface area contributed by atoms with E-state index in [1.54, 1.807) is 33.2 Å². The second-order valence-electron chi connectivity index (χ2n) is 6.11. The van der Waals surface area contributed by atoms with E-state index >= 15 is 0 Å². The molecular weight excluding hydrogens is 310 g/mol. The van der Waals surface area contributed by atoms with Crippen molar-refractivity contribution >= 4 is 17.6 Å². The molecule has 1 atom stereocenters. The lowest BCUT2D eigenvalue weighted by Crippen LogP contribution is -2.25. The summed E-state index contributed by atoms with van der Waals surface area (Å²) in [7, 11) is 0. The summed E-state index contributed by atoms with van der Waals surface area (Å²) < 4.78 is 3.21. The number of aromatic nitrogens is 4. The fourth-order valence-electron chi connectivity index (χ4n) is 2.61. The van der Waals surface area contributed by atoms with E-state index in [1.165, 1.54) is 4.68 Å². The van der Waals surface area contributed by atoms with Gasteiger partial charge in [0, 0.05) is 18.3 Å². The molecule has 0 aliphatic carbocycles. The van der Waals surface area contributed by atoms with Gasteiger partial charge >= 0.3 is 5.97 Å². The summed E-state index contributed by atoms with van der Waals surface area (Å²) in [5.41, 5.74) is 1.76. The van der Waals surface area contributed by atoms with Gasteiger partial charge in [-0.2, -0.15) is 5.10 Å². The summed E-state index contributed by atoms with van der Waals surface area (Å²) in [5, 5.41) is 15.9. The van der Waals surface area contributed by atoms with Crippen molar-refractivity contribution in [1.82, 2.24) is 19.3 Å². The van der Waals surface area contributed by atoms with Crippen molar-refractivity contribution in [3.05, 3.63) is 29.6 Å². The highest BCUT2D eigenvalue weighted by Crippen LogP contribution is 2.22. The quantitative estimate of drug-likeness (QED) is 0.843. The summed E-state index contributed by atoms with van der Waals surface area (Å²) in [6, 6.07) is -0.438. The second kappa shape index (κ2) is 6.86. The van der Waals surface area contributed by atoms with Crippen molar-refractivity contribution in [2.24, 2.45) is 0 Å². The molecule has 130 valence electrons. The largest absolute Gasteiger partial charge is 0.480 e. The number of carbonyl (C=O) groups excluding carboxylic acids is 1. The zero-order valence-corrected chi connectivity index (χ0v) is 14.6. The Morgan fingerprint density at radius 2 is 1.96 bits per heavy atom. The number of hydrogen-bond acceptors (Lipinski definition) is 4. The Morgan fingerprint density at radius 1 is 1.29 bits per heavy atom. The molecule has 24 heavy (non-hydrogen) atoms. The number of carbonyl (C=O) groups is 2. The van der Waals surface area contributed by atoms with Gasteiger partial charge in [-0.3, -0.25) is 14.3 Å².